The van der Waals surface area contributed by atoms with Crippen LogP contribution in [0.3, 0.4) is 0 Å². The molecule has 1 aromatic rings. The Kier molecular flexibility index (Phi) is 3.69. The van der Waals surface area contributed by atoms with Gasteiger partial charge in [0.25, 0.3) is 0 Å². The van der Waals surface area contributed by atoms with Crippen LogP contribution >= 0.6 is 0 Å². The third kappa shape index (κ3) is 2.40. The summed E-state index contributed by atoms with van der Waals surface area (Å²) in [6.07, 6.45) is 0. The van der Waals surface area contributed by atoms with Gasteiger partial charge in [-0.1, -0.05) is 0 Å². The van der Waals surface area contributed by atoms with Gasteiger partial charge in [0.15, 0.2) is 0 Å². The van der Waals surface area contributed by atoms with Gasteiger partial charge in [-0.2, -0.15) is 0 Å². The number of amides is 1. The van der Waals surface area contributed by atoms with Gasteiger partial charge in [0.05, 0.1) is 0 Å². The second kappa shape index (κ2) is 5.09. The molecule has 1 aliphatic heterocycles. The van der Waals surface area contributed by atoms with Crippen LogP contribution in [0.25, 0.3) is 0 Å². The normalized spacial score (nSPS) is 15.6. The van der Waals surface area contributed by atoms with E-state index in [2.05, 4.69) is 5.32 Å². The van der Waals surface area contributed by atoms with E-state index in [1.54, 1.807) is 6.07 Å². The van der Waals surface area contributed by atoms with E-state index in [1.807, 2.05) is 0 Å². The molecule has 0 radical (unpaired) electrons. The second-order valence-corrected chi connectivity index (χ2v) is 7.11. The van der Waals surface area contributed by atoms with Crippen molar-refractivity contribution >= 4 is 28.7 Å². The van der Waals surface area contributed by atoms with Gasteiger partial charge < -0.3 is 0 Å². The zero-order valence-corrected chi connectivity index (χ0v) is 12.0. The van der Waals surface area contributed by atoms with Crippen molar-refractivity contribution in [2.45, 2.75) is 5.92 Å². The number of anilines is 4. The fraction of sp³-hybridized carbons (Fsp3) is 0.364. The quantitative estimate of drug-likeness (QED) is 0.216. The summed E-state index contributed by atoms with van der Waals surface area (Å²) in [5.41, 5.74) is 26.3. The maximum atomic E-state index is 10.8. The Morgan fingerprint density at radius 2 is 2.00 bits per heavy atom. The fourth-order valence-corrected chi connectivity index (χ4v) is 4.02. The molecule has 1 aliphatic rings. The van der Waals surface area contributed by atoms with Crippen LogP contribution < -0.4 is 49.5 Å². The summed E-state index contributed by atoms with van der Waals surface area (Å²) in [7, 11) is 0. The molecule has 0 spiro atoms. The minimum atomic E-state index is -0.444. The van der Waals surface area contributed by atoms with Crippen LogP contribution in [0.1, 0.15) is 11.5 Å². The summed E-state index contributed by atoms with van der Waals surface area (Å²) in [5, 5.41) is 2.90. The molecule has 7 heteroatoms. The summed E-state index contributed by atoms with van der Waals surface area (Å²) >= 11 is 0.314. The molecule has 0 aliphatic carbocycles. The Morgan fingerprint density at radius 3 is 2.50 bits per heavy atom. The number of carbonyl (C=O) groups is 1. The van der Waals surface area contributed by atoms with Crippen LogP contribution in [-0.2, 0) is 4.79 Å². The summed E-state index contributed by atoms with van der Waals surface area (Å²) in [5.74, 6) is -0.0173. The van der Waals surface area contributed by atoms with Crippen molar-refractivity contribution in [3.05, 3.63) is 11.6 Å². The number of nitrogens with two attached hydrogens (primary N) is 4. The van der Waals surface area contributed by atoms with E-state index in [-0.39, 0.29) is 6.54 Å². The molecule has 0 unspecified atom stereocenters. The molecule has 0 atom stereocenters. The molecule has 1 heterocycles. The van der Waals surface area contributed by atoms with Gasteiger partial charge in [0.2, 0.25) is 0 Å². The van der Waals surface area contributed by atoms with E-state index in [0.717, 1.165) is 5.56 Å². The van der Waals surface area contributed by atoms with E-state index >= 15 is 0 Å². The topological polar surface area (TPSA) is 133 Å². The average molecular weight is 362 g/mol. The summed E-state index contributed by atoms with van der Waals surface area (Å²) < 4.78 is 2.37. The monoisotopic (exact) mass is 362 g/mol. The van der Waals surface area contributed by atoms with Gasteiger partial charge in [-0.15, -0.1) is 0 Å². The standard InChI is InChI=1S/C11H17IN5O/c13-6-1-7(17-4-8(14)18)11(16)9(10(6)15)5-2-12-3-5/h1,5,17H,2-4,13,15-16H2,(H2,14,18)/q-1. The van der Waals surface area contributed by atoms with Crippen LogP contribution in [0.4, 0.5) is 22.7 Å². The SMILES string of the molecule is NC(=O)CNc1cc(N)c(N)c(C2C[I-]C2)c1N. The Balaban J connectivity index is 2.35. The van der Waals surface area contributed by atoms with Crippen molar-refractivity contribution in [3.63, 3.8) is 0 Å². The summed E-state index contributed by atoms with van der Waals surface area (Å²) in [6.45, 7) is 0.0323. The zero-order chi connectivity index (χ0) is 13.3. The maximum absolute atomic E-state index is 10.8. The average Bonchev–Trinajstić information content (AvgIpc) is 2.24. The van der Waals surface area contributed by atoms with Gasteiger partial charge >= 0.3 is 116 Å². The molecule has 18 heavy (non-hydrogen) atoms. The molecule has 9 N–H and O–H groups in total. The predicted molar refractivity (Wildman–Crippen MR) is 69.8 cm³/mol. The first-order valence-corrected chi connectivity index (χ1v) is 8.58. The van der Waals surface area contributed by atoms with Gasteiger partial charge in [0, 0.05) is 0 Å². The number of halogens is 1. The molecule has 1 saturated heterocycles. The third-order valence-electron chi connectivity index (χ3n) is 2.93. The van der Waals surface area contributed by atoms with Crippen molar-refractivity contribution in [3.8, 4) is 0 Å². The third-order valence-corrected chi connectivity index (χ3v) is 6.31. The molecule has 2 rings (SSSR count). The molecule has 6 nitrogen and oxygen atoms in total. The molecule has 0 saturated carbocycles. The molecular weight excluding hydrogens is 345 g/mol. The van der Waals surface area contributed by atoms with E-state index in [1.165, 1.54) is 8.86 Å². The van der Waals surface area contributed by atoms with Crippen LogP contribution in [0.5, 0.6) is 0 Å². The van der Waals surface area contributed by atoms with E-state index < -0.39 is 5.91 Å². The second-order valence-electron chi connectivity index (χ2n) is 4.27. The number of nitrogen functional groups attached to an aromatic ring is 3. The van der Waals surface area contributed by atoms with Crippen molar-refractivity contribution in [1.82, 2.24) is 0 Å². The van der Waals surface area contributed by atoms with Gasteiger partial charge in [0.1, 0.15) is 0 Å². The number of alkyl halides is 2. The number of primary amides is 1. The predicted octanol–water partition coefficient (Wildman–Crippen LogP) is -3.48. The van der Waals surface area contributed by atoms with Gasteiger partial charge in [-0.3, -0.25) is 0 Å². The van der Waals surface area contributed by atoms with Crippen molar-refractivity contribution in [1.29, 1.82) is 0 Å². The van der Waals surface area contributed by atoms with Crippen molar-refractivity contribution < 1.29 is 26.0 Å². The van der Waals surface area contributed by atoms with Crippen molar-refractivity contribution in [2.24, 2.45) is 5.73 Å². The molecule has 1 aromatic carbocycles. The summed E-state index contributed by atoms with van der Waals surface area (Å²) in [6, 6.07) is 1.66. The Morgan fingerprint density at radius 1 is 1.33 bits per heavy atom. The molecule has 0 bridgehead atoms. The Bertz CT molecular complexity index is 487. The number of carbonyl (C=O) groups excluding carboxylic acids is 1. The molecule has 1 fully saturated rings. The van der Waals surface area contributed by atoms with Gasteiger partial charge in [-0.05, 0) is 0 Å². The van der Waals surface area contributed by atoms with E-state index in [0.29, 0.717) is 49.9 Å². The van der Waals surface area contributed by atoms with Crippen LogP contribution in [0, 0.1) is 0 Å². The molecule has 0 aromatic heterocycles. The van der Waals surface area contributed by atoms with Crippen LogP contribution in [0.15, 0.2) is 6.07 Å². The van der Waals surface area contributed by atoms with Crippen LogP contribution in [0.2, 0.25) is 0 Å². The summed E-state index contributed by atoms with van der Waals surface area (Å²) in [4.78, 5) is 10.8. The molecule has 100 valence electrons. The van der Waals surface area contributed by atoms with E-state index in [4.69, 9.17) is 22.9 Å². The van der Waals surface area contributed by atoms with Crippen molar-refractivity contribution in [2.75, 3.05) is 37.9 Å². The Labute approximate surface area is 116 Å². The Hall–Kier alpha value is -1.38. The van der Waals surface area contributed by atoms with Gasteiger partial charge in [-0.25, -0.2) is 0 Å². The van der Waals surface area contributed by atoms with Crippen LogP contribution in [-0.4, -0.2) is 21.3 Å². The first-order chi connectivity index (χ1) is 8.50. The minimum absolute atomic E-state index is 0.0323. The number of hydrogen-bond donors (Lipinski definition) is 5. The number of hydrogen-bond acceptors (Lipinski definition) is 5. The van der Waals surface area contributed by atoms with E-state index in [9.17, 15) is 4.79 Å². The number of rotatable bonds is 4. The first-order valence-electron chi connectivity index (χ1n) is 5.53. The number of benzene rings is 1. The zero-order valence-electron chi connectivity index (χ0n) is 9.87. The molecule has 1 amide bonds. The fourth-order valence-electron chi connectivity index (χ4n) is 1.90. The molecular formula is C11H17IN5O-. The number of nitrogens with one attached hydrogen (secondary N) is 1. The first kappa shape index (κ1) is 13.1.